The van der Waals surface area contributed by atoms with Crippen molar-refractivity contribution < 1.29 is 9.90 Å². The molecule has 0 aromatic carbocycles. The summed E-state index contributed by atoms with van der Waals surface area (Å²) in [6.07, 6.45) is 0. The van der Waals surface area contributed by atoms with Crippen LogP contribution in [0.3, 0.4) is 0 Å². The van der Waals surface area contributed by atoms with Gasteiger partial charge in [0.2, 0.25) is 0 Å². The van der Waals surface area contributed by atoms with Gasteiger partial charge >= 0.3 is 5.97 Å². The Kier molecular flexibility index (Phi) is 2.75. The van der Waals surface area contributed by atoms with Crippen LogP contribution in [-0.2, 0) is 4.79 Å². The molecule has 0 aliphatic carbocycles. The number of halogens is 1. The first-order valence-electron chi connectivity index (χ1n) is 3.89. The van der Waals surface area contributed by atoms with E-state index in [1.165, 1.54) is 4.68 Å². The Hall–Kier alpha value is -0.840. The van der Waals surface area contributed by atoms with E-state index in [0.29, 0.717) is 0 Å². The van der Waals surface area contributed by atoms with Gasteiger partial charge in [-0.15, -0.1) is 0 Å². The lowest BCUT2D eigenvalue weighted by Gasteiger charge is -2.08. The molecule has 0 fully saturated rings. The maximum atomic E-state index is 10.7. The van der Waals surface area contributed by atoms with E-state index in [9.17, 15) is 4.79 Å². The molecule has 0 saturated carbocycles. The number of hydrogen-bond donors (Lipinski definition) is 1. The van der Waals surface area contributed by atoms with Crippen LogP contribution in [-0.4, -0.2) is 20.9 Å². The zero-order valence-electron chi connectivity index (χ0n) is 7.71. The minimum Gasteiger partial charge on any atom is -0.480 e. The van der Waals surface area contributed by atoms with Crippen LogP contribution in [0.4, 0.5) is 0 Å². The van der Waals surface area contributed by atoms with Crippen LogP contribution < -0.4 is 0 Å². The molecular formula is C8H11BrN2O2. The summed E-state index contributed by atoms with van der Waals surface area (Å²) in [5.74, 6) is -0.877. The van der Waals surface area contributed by atoms with Crippen molar-refractivity contribution >= 4 is 21.9 Å². The van der Waals surface area contributed by atoms with Crippen molar-refractivity contribution in [2.24, 2.45) is 0 Å². The largest absolute Gasteiger partial charge is 0.480 e. The van der Waals surface area contributed by atoms with Crippen molar-refractivity contribution in [2.75, 3.05) is 0 Å². The molecule has 1 aromatic rings. The summed E-state index contributed by atoms with van der Waals surface area (Å²) in [5, 5.41) is 12.9. The van der Waals surface area contributed by atoms with Gasteiger partial charge in [-0.1, -0.05) is 0 Å². The minimum absolute atomic E-state index is 0.620. The highest BCUT2D eigenvalue weighted by molar-refractivity contribution is 9.10. The lowest BCUT2D eigenvalue weighted by Crippen LogP contribution is -2.17. The molecule has 72 valence electrons. The summed E-state index contributed by atoms with van der Waals surface area (Å²) in [6.45, 7) is 5.28. The predicted molar refractivity (Wildman–Crippen MR) is 51.7 cm³/mol. The summed E-state index contributed by atoms with van der Waals surface area (Å²) in [4.78, 5) is 10.7. The number of hydrogen-bond acceptors (Lipinski definition) is 2. The van der Waals surface area contributed by atoms with Crippen LogP contribution in [0.1, 0.15) is 24.4 Å². The lowest BCUT2D eigenvalue weighted by molar-refractivity contribution is -0.140. The van der Waals surface area contributed by atoms with Crippen LogP contribution in [0.2, 0.25) is 0 Å². The number of rotatable bonds is 2. The van der Waals surface area contributed by atoms with Gasteiger partial charge in [-0.25, -0.2) is 4.79 Å². The fourth-order valence-electron chi connectivity index (χ4n) is 1.12. The van der Waals surface area contributed by atoms with Crippen LogP contribution >= 0.6 is 15.9 Å². The van der Waals surface area contributed by atoms with Crippen molar-refractivity contribution in [3.8, 4) is 0 Å². The second-order valence-corrected chi connectivity index (χ2v) is 3.74. The van der Waals surface area contributed by atoms with Gasteiger partial charge < -0.3 is 5.11 Å². The van der Waals surface area contributed by atoms with Gasteiger partial charge in [0.25, 0.3) is 0 Å². The molecule has 1 rings (SSSR count). The number of carboxylic acids is 1. The normalized spacial score (nSPS) is 12.9. The molecule has 0 spiro atoms. The maximum absolute atomic E-state index is 10.7. The van der Waals surface area contributed by atoms with E-state index in [-0.39, 0.29) is 0 Å². The van der Waals surface area contributed by atoms with Gasteiger partial charge in [-0.05, 0) is 36.7 Å². The Morgan fingerprint density at radius 2 is 2.15 bits per heavy atom. The van der Waals surface area contributed by atoms with Crippen LogP contribution in [0.25, 0.3) is 0 Å². The Bertz CT molecular complexity index is 346. The second kappa shape index (κ2) is 3.49. The Labute approximate surface area is 84.7 Å². The third kappa shape index (κ3) is 1.75. The molecule has 1 heterocycles. The number of aromatic nitrogens is 2. The summed E-state index contributed by atoms with van der Waals surface area (Å²) < 4.78 is 2.38. The molecule has 4 nitrogen and oxygen atoms in total. The fraction of sp³-hybridized carbons (Fsp3) is 0.500. The number of nitrogens with zero attached hydrogens (tertiary/aromatic N) is 2. The first-order chi connectivity index (χ1) is 5.95. The van der Waals surface area contributed by atoms with Crippen LogP contribution in [0.15, 0.2) is 4.47 Å². The highest BCUT2D eigenvalue weighted by Crippen LogP contribution is 2.22. The van der Waals surface area contributed by atoms with E-state index in [2.05, 4.69) is 21.0 Å². The smallest absolute Gasteiger partial charge is 0.328 e. The third-order valence-corrected chi connectivity index (χ3v) is 3.11. The predicted octanol–water partition coefficient (Wildman–Crippen LogP) is 1.91. The van der Waals surface area contributed by atoms with Crippen molar-refractivity contribution in [3.05, 3.63) is 15.9 Å². The van der Waals surface area contributed by atoms with Gasteiger partial charge in [-0.3, -0.25) is 4.68 Å². The third-order valence-electron chi connectivity index (χ3n) is 1.96. The molecule has 0 aliphatic rings. The molecule has 0 aliphatic heterocycles. The van der Waals surface area contributed by atoms with E-state index in [4.69, 9.17) is 5.11 Å². The zero-order chi connectivity index (χ0) is 10.2. The lowest BCUT2D eigenvalue weighted by atomic mass is 10.3. The van der Waals surface area contributed by atoms with E-state index in [0.717, 1.165) is 15.9 Å². The number of aliphatic carboxylic acids is 1. The van der Waals surface area contributed by atoms with Crippen molar-refractivity contribution in [1.29, 1.82) is 0 Å². The molecule has 0 bridgehead atoms. The molecule has 1 N–H and O–H groups in total. The molecule has 0 radical (unpaired) electrons. The first kappa shape index (κ1) is 10.2. The van der Waals surface area contributed by atoms with E-state index < -0.39 is 12.0 Å². The molecule has 5 heteroatoms. The highest BCUT2D eigenvalue weighted by atomic mass is 79.9. The van der Waals surface area contributed by atoms with Crippen LogP contribution in [0, 0.1) is 13.8 Å². The summed E-state index contributed by atoms with van der Waals surface area (Å²) in [7, 11) is 0. The summed E-state index contributed by atoms with van der Waals surface area (Å²) in [6, 6.07) is -0.620. The molecule has 13 heavy (non-hydrogen) atoms. The fourth-order valence-corrected chi connectivity index (χ4v) is 1.39. The Morgan fingerprint density at radius 1 is 1.62 bits per heavy atom. The standard InChI is InChI=1S/C8H11BrN2O2/c1-4-7(9)5(2)11(10-4)6(3)8(12)13/h6H,1-3H3,(H,12,13)/t6-/m0/s1. The van der Waals surface area contributed by atoms with Crippen molar-refractivity contribution in [2.45, 2.75) is 26.8 Å². The van der Waals surface area contributed by atoms with Crippen molar-refractivity contribution in [3.63, 3.8) is 0 Å². The van der Waals surface area contributed by atoms with Crippen molar-refractivity contribution in [1.82, 2.24) is 9.78 Å². The van der Waals surface area contributed by atoms with Gasteiger partial charge in [0.05, 0.1) is 15.9 Å². The van der Waals surface area contributed by atoms with Gasteiger partial charge in [0, 0.05) is 0 Å². The summed E-state index contributed by atoms with van der Waals surface area (Å²) in [5.41, 5.74) is 1.65. The molecule has 1 aromatic heterocycles. The average molecular weight is 247 g/mol. The highest BCUT2D eigenvalue weighted by Gasteiger charge is 2.18. The number of carbonyl (C=O) groups is 1. The van der Waals surface area contributed by atoms with Gasteiger partial charge in [-0.2, -0.15) is 5.10 Å². The number of aryl methyl sites for hydroxylation is 1. The topological polar surface area (TPSA) is 55.1 Å². The average Bonchev–Trinajstić information content (AvgIpc) is 2.31. The molecule has 1 atom stereocenters. The quantitative estimate of drug-likeness (QED) is 0.868. The number of carboxylic acid groups (broad SMARTS) is 1. The van der Waals surface area contributed by atoms with Gasteiger partial charge in [0.15, 0.2) is 0 Å². The Morgan fingerprint density at radius 3 is 2.46 bits per heavy atom. The molecule has 0 unspecified atom stereocenters. The SMILES string of the molecule is Cc1nn([C@@H](C)C(=O)O)c(C)c1Br. The zero-order valence-corrected chi connectivity index (χ0v) is 9.29. The Balaban J connectivity index is 3.15. The van der Waals surface area contributed by atoms with Gasteiger partial charge in [0.1, 0.15) is 6.04 Å². The maximum Gasteiger partial charge on any atom is 0.328 e. The van der Waals surface area contributed by atoms with Crippen LogP contribution in [0.5, 0.6) is 0 Å². The molecule has 0 amide bonds. The first-order valence-corrected chi connectivity index (χ1v) is 4.68. The summed E-state index contributed by atoms with van der Waals surface area (Å²) >= 11 is 3.34. The molecular weight excluding hydrogens is 236 g/mol. The molecule has 0 saturated heterocycles. The second-order valence-electron chi connectivity index (χ2n) is 2.94. The minimum atomic E-state index is -0.877. The van der Waals surface area contributed by atoms with E-state index in [1.54, 1.807) is 6.92 Å². The monoisotopic (exact) mass is 246 g/mol. The van der Waals surface area contributed by atoms with E-state index in [1.807, 2.05) is 13.8 Å². The van der Waals surface area contributed by atoms with E-state index >= 15 is 0 Å².